The van der Waals surface area contributed by atoms with Crippen LogP contribution in [0, 0.1) is 11.6 Å². The zero-order valence-corrected chi connectivity index (χ0v) is 29.4. The van der Waals surface area contributed by atoms with Gasteiger partial charge in [-0.25, -0.2) is 35.1 Å². The van der Waals surface area contributed by atoms with E-state index in [9.17, 15) is 62.2 Å². The molecule has 0 aliphatic heterocycles. The second kappa shape index (κ2) is 17.0. The summed E-state index contributed by atoms with van der Waals surface area (Å²) >= 11 is 12.6. The molecule has 2 heterocycles. The molecule has 4 rings (SSSR count). The summed E-state index contributed by atoms with van der Waals surface area (Å²) in [6, 6.07) is 8.35. The fourth-order valence-corrected chi connectivity index (χ4v) is 10.00. The van der Waals surface area contributed by atoms with Gasteiger partial charge in [-0.2, -0.15) is 26.3 Å². The molecule has 0 aliphatic rings. The zero-order chi connectivity index (χ0) is 37.7. The van der Waals surface area contributed by atoms with Crippen LogP contribution in [0.2, 0.25) is 8.67 Å². The molecule has 0 aliphatic carbocycles. The Morgan fingerprint density at radius 2 is 0.960 bits per heavy atom. The normalized spacial score (nSPS) is 15.1. The third-order valence-electron chi connectivity index (χ3n) is 6.56. The predicted octanol–water partition coefficient (Wildman–Crippen LogP) is 7.05. The number of alkyl halides is 6. The van der Waals surface area contributed by atoms with Crippen LogP contribution in [0.1, 0.15) is 23.0 Å². The number of aliphatic hydroxyl groups is 2. The molecule has 2 aromatic carbocycles. The van der Waals surface area contributed by atoms with Gasteiger partial charge in [0.15, 0.2) is 0 Å². The summed E-state index contributed by atoms with van der Waals surface area (Å²) in [4.78, 5) is 0. The Morgan fingerprint density at radius 3 is 1.20 bits per heavy atom. The first kappa shape index (κ1) is 42.0. The first-order valence-electron chi connectivity index (χ1n) is 13.5. The molecule has 50 heavy (non-hydrogen) atoms. The van der Waals surface area contributed by atoms with E-state index in [1.54, 1.807) is 0 Å². The van der Waals surface area contributed by atoms with Crippen LogP contribution in [0.5, 0.6) is 0 Å². The molecule has 4 aromatic rings. The number of aliphatic hydroxyl groups excluding tert-OH is 2. The molecule has 8 nitrogen and oxygen atoms in total. The maximum Gasteiger partial charge on any atom is 0.397 e. The molecule has 0 saturated carbocycles. The van der Waals surface area contributed by atoms with Gasteiger partial charge in [-0.15, -0.1) is 22.7 Å². The number of thiophene rings is 2. The average Bonchev–Trinajstić information content (AvgIpc) is 3.64. The Bertz CT molecular complexity index is 1820. The monoisotopic (exact) mass is 834 g/mol. The first-order valence-corrected chi connectivity index (χ1v) is 18.9. The van der Waals surface area contributed by atoms with E-state index >= 15 is 0 Å². The van der Waals surface area contributed by atoms with Crippen LogP contribution in [0.15, 0.2) is 81.2 Å². The summed E-state index contributed by atoms with van der Waals surface area (Å²) in [6.07, 6.45) is -9.84. The largest absolute Gasteiger partial charge is 0.397 e. The average molecular weight is 836 g/mol. The summed E-state index contributed by atoms with van der Waals surface area (Å²) in [7, 11) is -8.69. The predicted molar refractivity (Wildman–Crippen MR) is 171 cm³/mol. The van der Waals surface area contributed by atoms with Crippen LogP contribution < -0.4 is 9.44 Å². The summed E-state index contributed by atoms with van der Waals surface area (Å²) < 4.78 is 160. The van der Waals surface area contributed by atoms with Gasteiger partial charge in [0.25, 0.3) is 0 Å². The van der Waals surface area contributed by atoms with Crippen LogP contribution >= 0.6 is 45.9 Å². The van der Waals surface area contributed by atoms with Crippen molar-refractivity contribution in [3.63, 3.8) is 0 Å². The Hall–Kier alpha value is -2.40. The molecular formula is C28H24Cl2F8N2O6S4. The molecule has 0 bridgehead atoms. The van der Waals surface area contributed by atoms with Crippen molar-refractivity contribution < 1.29 is 62.2 Å². The maximum atomic E-state index is 13.5. The lowest BCUT2D eigenvalue weighted by atomic mass is 9.91. The second-order valence-electron chi connectivity index (χ2n) is 10.1. The topological polar surface area (TPSA) is 133 Å². The zero-order valence-electron chi connectivity index (χ0n) is 24.6. The van der Waals surface area contributed by atoms with Crippen LogP contribution in [-0.2, 0) is 20.0 Å². The Kier molecular flexibility index (Phi) is 14.2. The van der Waals surface area contributed by atoms with Crippen LogP contribution in [0.4, 0.5) is 35.1 Å². The van der Waals surface area contributed by atoms with Gasteiger partial charge in [0, 0.05) is 0 Å². The number of rotatable bonds is 12. The van der Waals surface area contributed by atoms with E-state index in [1.807, 2.05) is 9.44 Å². The Labute approximate surface area is 298 Å². The maximum absolute atomic E-state index is 13.5. The lowest BCUT2D eigenvalue weighted by molar-refractivity contribution is -0.159. The summed E-state index contributed by atoms with van der Waals surface area (Å²) in [5, 5.41) is 18.7. The smallest absolute Gasteiger partial charge is 0.395 e. The third-order valence-corrected chi connectivity index (χ3v) is 13.0. The lowest BCUT2D eigenvalue weighted by Gasteiger charge is -2.28. The van der Waals surface area contributed by atoms with Gasteiger partial charge in [0.2, 0.25) is 20.0 Å². The number of nitrogens with one attached hydrogen (secondary N) is 2. The van der Waals surface area contributed by atoms with E-state index in [4.69, 9.17) is 23.2 Å². The van der Waals surface area contributed by atoms with Crippen molar-refractivity contribution in [2.45, 2.75) is 44.7 Å². The molecule has 4 atom stereocenters. The first-order chi connectivity index (χ1) is 23.1. The van der Waals surface area contributed by atoms with Crippen LogP contribution in [0.3, 0.4) is 0 Å². The fourth-order valence-electron chi connectivity index (χ4n) is 4.52. The summed E-state index contributed by atoms with van der Waals surface area (Å²) in [5.74, 6) is -6.68. The molecule has 0 unspecified atom stereocenters. The molecule has 0 amide bonds. The molecule has 276 valence electrons. The van der Waals surface area contributed by atoms with Gasteiger partial charge in [0.1, 0.15) is 20.1 Å². The minimum Gasteiger partial charge on any atom is -0.395 e. The van der Waals surface area contributed by atoms with Crippen molar-refractivity contribution in [2.75, 3.05) is 13.2 Å². The van der Waals surface area contributed by atoms with E-state index in [2.05, 4.69) is 0 Å². The number of sulfonamides is 2. The molecule has 4 N–H and O–H groups in total. The van der Waals surface area contributed by atoms with Gasteiger partial charge < -0.3 is 10.2 Å². The van der Waals surface area contributed by atoms with Crippen molar-refractivity contribution in [1.82, 2.24) is 9.44 Å². The van der Waals surface area contributed by atoms with Crippen molar-refractivity contribution >= 4 is 65.9 Å². The van der Waals surface area contributed by atoms with Gasteiger partial charge >= 0.3 is 12.4 Å². The molecule has 0 spiro atoms. The number of halogens is 10. The van der Waals surface area contributed by atoms with E-state index in [-0.39, 0.29) is 17.1 Å². The van der Waals surface area contributed by atoms with Gasteiger partial charge in [-0.1, -0.05) is 47.5 Å². The Balaban J connectivity index is 0.000000270. The highest BCUT2D eigenvalue weighted by Crippen LogP contribution is 2.40. The highest BCUT2D eigenvalue weighted by molar-refractivity contribution is 7.92. The second-order valence-corrected chi connectivity index (χ2v) is 17.4. The third kappa shape index (κ3) is 11.3. The van der Waals surface area contributed by atoms with E-state index in [0.29, 0.717) is 34.8 Å². The van der Waals surface area contributed by atoms with Crippen molar-refractivity contribution in [1.29, 1.82) is 0 Å². The SMILES string of the molecule is O=S(=O)(N[C@H](CO)[C@@H](c1cccc(F)c1)C(F)(F)F)c1ccc(Cl)s1.O=S(=O)(N[C@H](CO)[C@H](c1cccc(F)c1)C(F)(F)F)c1ccc(Cl)s1. The van der Waals surface area contributed by atoms with Gasteiger partial charge in [-0.3, -0.25) is 0 Å². The summed E-state index contributed by atoms with van der Waals surface area (Å²) in [6.45, 7) is -2.28. The standard InChI is InChI=1S/2C14H12ClF4NO3S2/c2*15-11-4-5-12(24-11)25(22,23)20-10(7-21)13(14(17,18)19)8-2-1-3-9(16)6-8/h2*1-6,10,13,20-21H,7H2/t10-,13+;10-,13-/m11/s1. The van der Waals surface area contributed by atoms with Crippen LogP contribution in [0.25, 0.3) is 0 Å². The molecule has 0 saturated heterocycles. The van der Waals surface area contributed by atoms with Crippen LogP contribution in [-0.4, -0.2) is 64.7 Å². The van der Waals surface area contributed by atoms with E-state index in [1.165, 1.54) is 12.1 Å². The van der Waals surface area contributed by atoms with Gasteiger partial charge in [-0.05, 0) is 59.7 Å². The molecular weight excluding hydrogens is 811 g/mol. The minimum absolute atomic E-state index is 0.137. The highest BCUT2D eigenvalue weighted by Gasteiger charge is 2.48. The quantitative estimate of drug-likeness (QED) is 0.113. The van der Waals surface area contributed by atoms with E-state index < -0.39 is 92.3 Å². The number of hydrogen-bond donors (Lipinski definition) is 4. The lowest BCUT2D eigenvalue weighted by Crippen LogP contribution is -2.46. The number of hydrogen-bond acceptors (Lipinski definition) is 8. The number of benzene rings is 2. The summed E-state index contributed by atoms with van der Waals surface area (Å²) in [5.41, 5.74) is -1.00. The van der Waals surface area contributed by atoms with Crippen molar-refractivity contribution in [3.8, 4) is 0 Å². The molecule has 0 fully saturated rings. The Morgan fingerprint density at radius 1 is 0.620 bits per heavy atom. The van der Waals surface area contributed by atoms with Crippen molar-refractivity contribution in [2.24, 2.45) is 0 Å². The van der Waals surface area contributed by atoms with E-state index in [0.717, 1.165) is 48.5 Å². The fraction of sp³-hybridized carbons (Fsp3) is 0.286. The minimum atomic E-state index is -4.92. The highest BCUT2D eigenvalue weighted by atomic mass is 35.5. The van der Waals surface area contributed by atoms with Gasteiger partial charge in [0.05, 0.1) is 45.8 Å². The molecule has 0 radical (unpaired) electrons. The van der Waals surface area contributed by atoms with Crippen molar-refractivity contribution in [3.05, 3.63) is 104 Å². The molecule has 2 aromatic heterocycles. The molecule has 22 heteroatoms.